The van der Waals surface area contributed by atoms with E-state index in [-0.39, 0.29) is 17.7 Å². The number of nitrogens with zero attached hydrogens (tertiary/aromatic N) is 2. The van der Waals surface area contributed by atoms with Gasteiger partial charge in [-0.2, -0.15) is 0 Å². The van der Waals surface area contributed by atoms with Crippen molar-refractivity contribution in [3.8, 4) is 0 Å². The van der Waals surface area contributed by atoms with Crippen LogP contribution in [0.15, 0.2) is 33.6 Å². The smallest absolute Gasteiger partial charge is 0.294 e. The molecule has 0 spiro atoms. The minimum absolute atomic E-state index is 0.167. The molecule has 0 aliphatic carbocycles. The van der Waals surface area contributed by atoms with Crippen LogP contribution in [0.5, 0.6) is 0 Å². The fourth-order valence-corrected chi connectivity index (χ4v) is 3.82. The lowest BCUT2D eigenvalue weighted by molar-refractivity contribution is -0.883. The van der Waals surface area contributed by atoms with Crippen molar-refractivity contribution in [3.05, 3.63) is 39.2 Å². The van der Waals surface area contributed by atoms with Crippen molar-refractivity contribution in [1.29, 1.82) is 0 Å². The lowest BCUT2D eigenvalue weighted by atomic mass is 10.2. The number of carbonyl (C=O) groups is 3. The zero-order valence-electron chi connectivity index (χ0n) is 13.8. The molecule has 0 aromatic heterocycles. The summed E-state index contributed by atoms with van der Waals surface area (Å²) in [5.41, 5.74) is 0.835. The van der Waals surface area contributed by atoms with Crippen molar-refractivity contribution in [2.75, 3.05) is 39.8 Å². The van der Waals surface area contributed by atoms with E-state index in [9.17, 15) is 14.4 Å². The van der Waals surface area contributed by atoms with Crippen LogP contribution in [0.1, 0.15) is 5.56 Å². The van der Waals surface area contributed by atoms with Crippen LogP contribution in [0, 0.1) is 0 Å². The number of carbonyl (C=O) groups excluding carboxylic acids is 3. The standard InChI is InChI=1S/C17H18BrN3O3S/c1-19-6-8-20(9-7-19)15(22)11-21-16(23)14(25-17(21)24)10-12-2-4-13(18)5-3-12/h2-5,10H,6-9,11H2,1H3/p+1/b14-10-. The second kappa shape index (κ2) is 7.72. The van der Waals surface area contributed by atoms with Gasteiger partial charge in [0.2, 0.25) is 5.91 Å². The topological polar surface area (TPSA) is 62.1 Å². The number of nitrogens with one attached hydrogen (secondary N) is 1. The highest BCUT2D eigenvalue weighted by Gasteiger charge is 2.37. The third-order valence-electron chi connectivity index (χ3n) is 4.30. The first kappa shape index (κ1) is 18.2. The minimum Gasteiger partial charge on any atom is -0.334 e. The summed E-state index contributed by atoms with van der Waals surface area (Å²) >= 11 is 4.24. The molecule has 2 aliphatic heterocycles. The maximum Gasteiger partial charge on any atom is 0.294 e. The molecular weight excluding hydrogens is 406 g/mol. The highest BCUT2D eigenvalue weighted by atomic mass is 79.9. The lowest BCUT2D eigenvalue weighted by Crippen LogP contribution is -3.12. The Morgan fingerprint density at radius 3 is 2.52 bits per heavy atom. The third-order valence-corrected chi connectivity index (χ3v) is 5.74. The molecule has 6 nitrogen and oxygen atoms in total. The fourth-order valence-electron chi connectivity index (χ4n) is 2.72. The normalized spacial score (nSPS) is 20.6. The van der Waals surface area contributed by atoms with E-state index in [0.29, 0.717) is 18.0 Å². The van der Waals surface area contributed by atoms with Crippen LogP contribution >= 0.6 is 27.7 Å². The predicted octanol–water partition coefficient (Wildman–Crippen LogP) is 0.842. The van der Waals surface area contributed by atoms with E-state index < -0.39 is 5.91 Å². The van der Waals surface area contributed by atoms with E-state index in [1.54, 1.807) is 11.0 Å². The molecule has 2 saturated heterocycles. The Labute approximate surface area is 158 Å². The number of hydrogen-bond donors (Lipinski definition) is 1. The highest BCUT2D eigenvalue weighted by Crippen LogP contribution is 2.32. The summed E-state index contributed by atoms with van der Waals surface area (Å²) in [6, 6.07) is 7.45. The van der Waals surface area contributed by atoms with Gasteiger partial charge in [-0.3, -0.25) is 19.3 Å². The van der Waals surface area contributed by atoms with E-state index >= 15 is 0 Å². The van der Waals surface area contributed by atoms with Gasteiger partial charge in [0, 0.05) is 4.47 Å². The summed E-state index contributed by atoms with van der Waals surface area (Å²) < 4.78 is 0.942. The summed E-state index contributed by atoms with van der Waals surface area (Å²) in [5.74, 6) is -0.564. The number of benzene rings is 1. The van der Waals surface area contributed by atoms with Crippen molar-refractivity contribution in [2.45, 2.75) is 0 Å². The molecule has 0 bridgehead atoms. The van der Waals surface area contributed by atoms with Gasteiger partial charge >= 0.3 is 0 Å². The predicted molar refractivity (Wildman–Crippen MR) is 100 cm³/mol. The number of hydrogen-bond acceptors (Lipinski definition) is 4. The zero-order chi connectivity index (χ0) is 18.0. The first-order valence-corrected chi connectivity index (χ1v) is 9.65. The Bertz CT molecular complexity index is 727. The number of rotatable bonds is 3. The van der Waals surface area contributed by atoms with Gasteiger partial charge in [-0.15, -0.1) is 0 Å². The molecule has 2 heterocycles. The molecule has 0 saturated carbocycles. The molecule has 0 atom stereocenters. The van der Waals surface area contributed by atoms with Crippen LogP contribution in [0.4, 0.5) is 4.79 Å². The van der Waals surface area contributed by atoms with Crippen LogP contribution in [0.3, 0.4) is 0 Å². The molecule has 0 unspecified atom stereocenters. The first-order valence-electron chi connectivity index (χ1n) is 8.04. The maximum atomic E-state index is 12.5. The number of likely N-dealkylation sites (N-methyl/N-ethyl adjacent to an activating group) is 1. The quantitative estimate of drug-likeness (QED) is 0.730. The summed E-state index contributed by atoms with van der Waals surface area (Å²) in [6.45, 7) is 2.92. The summed E-state index contributed by atoms with van der Waals surface area (Å²) in [5, 5.41) is -0.388. The van der Waals surface area contributed by atoms with Crippen molar-refractivity contribution in [2.24, 2.45) is 0 Å². The lowest BCUT2D eigenvalue weighted by Gasteiger charge is -2.30. The maximum absolute atomic E-state index is 12.5. The Kier molecular flexibility index (Phi) is 5.61. The van der Waals surface area contributed by atoms with Crippen LogP contribution in [0.2, 0.25) is 0 Å². The molecule has 2 fully saturated rings. The SMILES string of the molecule is C[NH+]1CCN(C(=O)CN2C(=O)S/C(=C\c3ccc(Br)cc3)C2=O)CC1. The number of quaternary nitrogens is 1. The van der Waals surface area contributed by atoms with E-state index in [2.05, 4.69) is 23.0 Å². The molecule has 3 rings (SSSR count). The van der Waals surface area contributed by atoms with Gasteiger partial charge in [-0.1, -0.05) is 28.1 Å². The summed E-state index contributed by atoms with van der Waals surface area (Å²) in [6.07, 6.45) is 1.68. The molecule has 1 N–H and O–H groups in total. The van der Waals surface area contributed by atoms with E-state index in [1.165, 1.54) is 4.90 Å². The second-order valence-electron chi connectivity index (χ2n) is 6.16. The van der Waals surface area contributed by atoms with Crippen molar-refractivity contribution >= 4 is 50.8 Å². The number of piperazine rings is 1. The number of thioether (sulfide) groups is 1. The zero-order valence-corrected chi connectivity index (χ0v) is 16.2. The third kappa shape index (κ3) is 4.31. The van der Waals surface area contributed by atoms with E-state index in [0.717, 1.165) is 39.8 Å². The molecule has 25 heavy (non-hydrogen) atoms. The largest absolute Gasteiger partial charge is 0.334 e. The van der Waals surface area contributed by atoms with Crippen molar-refractivity contribution in [1.82, 2.24) is 9.80 Å². The minimum atomic E-state index is -0.397. The summed E-state index contributed by atoms with van der Waals surface area (Å²) in [4.78, 5) is 41.5. The summed E-state index contributed by atoms with van der Waals surface area (Å²) in [7, 11) is 2.09. The molecule has 2 aliphatic rings. The van der Waals surface area contributed by atoms with Gasteiger partial charge in [-0.25, -0.2) is 0 Å². The first-order chi connectivity index (χ1) is 11.9. The Hall–Kier alpha value is -1.64. The van der Waals surface area contributed by atoms with Crippen molar-refractivity contribution in [3.63, 3.8) is 0 Å². The van der Waals surface area contributed by atoms with Crippen LogP contribution in [-0.4, -0.2) is 66.6 Å². The second-order valence-corrected chi connectivity index (χ2v) is 8.07. The molecule has 3 amide bonds. The Morgan fingerprint density at radius 1 is 1.24 bits per heavy atom. The van der Waals surface area contributed by atoms with Gasteiger partial charge in [0.1, 0.15) is 6.54 Å². The molecule has 8 heteroatoms. The van der Waals surface area contributed by atoms with Crippen LogP contribution < -0.4 is 4.90 Å². The molecule has 1 aromatic carbocycles. The molecule has 0 radical (unpaired) electrons. The van der Waals surface area contributed by atoms with Gasteiger partial charge in [0.15, 0.2) is 0 Å². The number of amides is 3. The molecular formula is C17H19BrN3O3S+. The van der Waals surface area contributed by atoms with Gasteiger partial charge in [0.05, 0.1) is 38.1 Å². The van der Waals surface area contributed by atoms with Crippen LogP contribution in [0.25, 0.3) is 6.08 Å². The molecule has 132 valence electrons. The van der Waals surface area contributed by atoms with Gasteiger partial charge in [-0.05, 0) is 35.5 Å². The molecule has 1 aromatic rings. The van der Waals surface area contributed by atoms with Gasteiger partial charge < -0.3 is 9.80 Å². The Balaban J connectivity index is 1.67. The monoisotopic (exact) mass is 424 g/mol. The van der Waals surface area contributed by atoms with Crippen LogP contribution in [-0.2, 0) is 9.59 Å². The fraction of sp³-hybridized carbons (Fsp3) is 0.353. The van der Waals surface area contributed by atoms with E-state index in [4.69, 9.17) is 0 Å². The van der Waals surface area contributed by atoms with Crippen molar-refractivity contribution < 1.29 is 19.3 Å². The average Bonchev–Trinajstić information content (AvgIpc) is 2.85. The number of imide groups is 1. The highest BCUT2D eigenvalue weighted by molar-refractivity contribution is 9.10. The number of halogens is 1. The average molecular weight is 425 g/mol. The van der Waals surface area contributed by atoms with Gasteiger partial charge in [0.25, 0.3) is 11.1 Å². The van der Waals surface area contributed by atoms with E-state index in [1.807, 2.05) is 24.3 Å². The Morgan fingerprint density at radius 2 is 1.88 bits per heavy atom.